The van der Waals surface area contributed by atoms with E-state index in [0.717, 1.165) is 11.3 Å². The summed E-state index contributed by atoms with van der Waals surface area (Å²) >= 11 is 2.29. The van der Waals surface area contributed by atoms with Gasteiger partial charge in [-0.05, 0) is 46.4 Å². The van der Waals surface area contributed by atoms with Crippen molar-refractivity contribution in [2.24, 2.45) is 0 Å². The molecular formula is C12H10IN. The summed E-state index contributed by atoms with van der Waals surface area (Å²) in [5.41, 5.74) is 8.99. The molecule has 2 heteroatoms. The Balaban J connectivity index is 2.50. The summed E-state index contributed by atoms with van der Waals surface area (Å²) in [7, 11) is 0. The summed E-state index contributed by atoms with van der Waals surface area (Å²) in [6, 6.07) is 16.3. The fourth-order valence-electron chi connectivity index (χ4n) is 1.39. The van der Waals surface area contributed by atoms with E-state index in [1.807, 2.05) is 24.3 Å². The molecule has 2 aromatic carbocycles. The quantitative estimate of drug-likeness (QED) is 0.632. The van der Waals surface area contributed by atoms with Crippen LogP contribution >= 0.6 is 22.6 Å². The molecular weight excluding hydrogens is 285 g/mol. The minimum absolute atomic E-state index is 0.828. The third-order valence-corrected chi connectivity index (χ3v) is 2.84. The number of benzene rings is 2. The monoisotopic (exact) mass is 295 g/mol. The van der Waals surface area contributed by atoms with Gasteiger partial charge in [-0.2, -0.15) is 0 Å². The molecule has 0 bridgehead atoms. The second kappa shape index (κ2) is 4.00. The molecule has 14 heavy (non-hydrogen) atoms. The maximum Gasteiger partial charge on any atom is 0.0393 e. The fraction of sp³-hybridized carbons (Fsp3) is 0. The Morgan fingerprint density at radius 1 is 0.857 bits per heavy atom. The van der Waals surface area contributed by atoms with Gasteiger partial charge in [0.05, 0.1) is 0 Å². The lowest BCUT2D eigenvalue weighted by atomic mass is 10.0. The molecule has 2 N–H and O–H groups in total. The van der Waals surface area contributed by atoms with E-state index in [0.29, 0.717) is 0 Å². The molecule has 0 aliphatic carbocycles. The van der Waals surface area contributed by atoms with Crippen LogP contribution in [-0.2, 0) is 0 Å². The maximum absolute atomic E-state index is 5.89. The van der Waals surface area contributed by atoms with E-state index in [9.17, 15) is 0 Å². The van der Waals surface area contributed by atoms with E-state index in [2.05, 4.69) is 46.9 Å². The first-order valence-corrected chi connectivity index (χ1v) is 5.46. The predicted octanol–water partition coefficient (Wildman–Crippen LogP) is 3.54. The number of rotatable bonds is 1. The van der Waals surface area contributed by atoms with Gasteiger partial charge in [0, 0.05) is 14.8 Å². The van der Waals surface area contributed by atoms with Gasteiger partial charge in [-0.1, -0.05) is 30.3 Å². The standard InChI is InChI=1S/C12H10IN/c13-10-7-5-9(6-8-10)11-3-1-2-4-12(11)14/h1-8H,14H2. The molecule has 0 saturated heterocycles. The number of nitrogens with two attached hydrogens (primary N) is 1. The van der Waals surface area contributed by atoms with Crippen LogP contribution in [0.3, 0.4) is 0 Å². The lowest BCUT2D eigenvalue weighted by molar-refractivity contribution is 1.59. The van der Waals surface area contributed by atoms with Gasteiger partial charge in [-0.15, -0.1) is 0 Å². The Morgan fingerprint density at radius 2 is 1.50 bits per heavy atom. The minimum Gasteiger partial charge on any atom is -0.398 e. The van der Waals surface area contributed by atoms with Gasteiger partial charge in [-0.25, -0.2) is 0 Å². The van der Waals surface area contributed by atoms with Crippen LogP contribution in [0.4, 0.5) is 5.69 Å². The van der Waals surface area contributed by atoms with Crippen LogP contribution in [0.2, 0.25) is 0 Å². The van der Waals surface area contributed by atoms with Gasteiger partial charge in [0.15, 0.2) is 0 Å². The summed E-state index contributed by atoms with van der Waals surface area (Å²) < 4.78 is 1.24. The lowest BCUT2D eigenvalue weighted by Gasteiger charge is -2.04. The molecule has 2 aromatic rings. The largest absolute Gasteiger partial charge is 0.398 e. The van der Waals surface area contributed by atoms with Crippen LogP contribution in [0.25, 0.3) is 11.1 Å². The highest BCUT2D eigenvalue weighted by atomic mass is 127. The average molecular weight is 295 g/mol. The highest BCUT2D eigenvalue weighted by Gasteiger charge is 2.00. The molecule has 0 radical (unpaired) electrons. The van der Waals surface area contributed by atoms with Gasteiger partial charge in [-0.3, -0.25) is 0 Å². The zero-order chi connectivity index (χ0) is 9.97. The van der Waals surface area contributed by atoms with Crippen molar-refractivity contribution in [2.45, 2.75) is 0 Å². The van der Waals surface area contributed by atoms with Crippen LogP contribution in [0.15, 0.2) is 48.5 Å². The molecule has 2 rings (SSSR count). The number of nitrogen functional groups attached to an aromatic ring is 1. The van der Waals surface area contributed by atoms with Crippen LogP contribution in [0.1, 0.15) is 0 Å². The molecule has 0 unspecified atom stereocenters. The van der Waals surface area contributed by atoms with Crippen LogP contribution in [0.5, 0.6) is 0 Å². The Labute approximate surface area is 97.1 Å². The van der Waals surface area contributed by atoms with E-state index in [-0.39, 0.29) is 0 Å². The molecule has 0 fully saturated rings. The SMILES string of the molecule is Nc1ccccc1-c1ccc(I)cc1. The van der Waals surface area contributed by atoms with E-state index < -0.39 is 0 Å². The lowest BCUT2D eigenvalue weighted by Crippen LogP contribution is -1.88. The summed E-state index contributed by atoms with van der Waals surface area (Å²) in [6.45, 7) is 0. The molecule has 0 aliphatic rings. The smallest absolute Gasteiger partial charge is 0.0393 e. The molecule has 0 heterocycles. The van der Waals surface area contributed by atoms with Crippen molar-refractivity contribution in [3.05, 3.63) is 52.1 Å². The van der Waals surface area contributed by atoms with Crippen LogP contribution in [-0.4, -0.2) is 0 Å². The van der Waals surface area contributed by atoms with E-state index in [1.54, 1.807) is 0 Å². The van der Waals surface area contributed by atoms with Crippen molar-refractivity contribution in [3.8, 4) is 11.1 Å². The summed E-state index contributed by atoms with van der Waals surface area (Å²) in [5.74, 6) is 0. The number of para-hydroxylation sites is 1. The van der Waals surface area contributed by atoms with Crippen molar-refractivity contribution < 1.29 is 0 Å². The highest BCUT2D eigenvalue weighted by molar-refractivity contribution is 14.1. The van der Waals surface area contributed by atoms with Crippen molar-refractivity contribution in [1.29, 1.82) is 0 Å². The molecule has 0 amide bonds. The third-order valence-electron chi connectivity index (χ3n) is 2.12. The first kappa shape index (κ1) is 9.52. The Bertz CT molecular complexity index is 434. The first-order chi connectivity index (χ1) is 6.77. The number of anilines is 1. The molecule has 0 atom stereocenters. The van der Waals surface area contributed by atoms with Crippen LogP contribution < -0.4 is 5.73 Å². The topological polar surface area (TPSA) is 26.0 Å². The summed E-state index contributed by atoms with van der Waals surface area (Å²) in [4.78, 5) is 0. The molecule has 0 aliphatic heterocycles. The highest BCUT2D eigenvalue weighted by Crippen LogP contribution is 2.25. The van der Waals surface area contributed by atoms with Crippen LogP contribution in [0, 0.1) is 3.57 Å². The molecule has 0 aromatic heterocycles. The van der Waals surface area contributed by atoms with Crippen molar-refractivity contribution in [1.82, 2.24) is 0 Å². The normalized spacial score (nSPS) is 10.1. The fourth-order valence-corrected chi connectivity index (χ4v) is 1.75. The van der Waals surface area contributed by atoms with Gasteiger partial charge >= 0.3 is 0 Å². The number of hydrogen-bond donors (Lipinski definition) is 1. The Kier molecular flexibility index (Phi) is 2.72. The van der Waals surface area contributed by atoms with Gasteiger partial charge in [0.1, 0.15) is 0 Å². The van der Waals surface area contributed by atoms with Gasteiger partial charge in [0.25, 0.3) is 0 Å². The van der Waals surface area contributed by atoms with E-state index >= 15 is 0 Å². The zero-order valence-corrected chi connectivity index (χ0v) is 9.73. The van der Waals surface area contributed by atoms with Crippen molar-refractivity contribution in [2.75, 3.05) is 5.73 Å². The zero-order valence-electron chi connectivity index (χ0n) is 7.57. The predicted molar refractivity (Wildman–Crippen MR) is 69.0 cm³/mol. The maximum atomic E-state index is 5.89. The Morgan fingerprint density at radius 3 is 2.14 bits per heavy atom. The molecule has 0 spiro atoms. The average Bonchev–Trinajstić information content (AvgIpc) is 2.20. The third kappa shape index (κ3) is 1.90. The first-order valence-electron chi connectivity index (χ1n) is 4.38. The molecule has 70 valence electrons. The second-order valence-electron chi connectivity index (χ2n) is 3.09. The van der Waals surface area contributed by atoms with Crippen molar-refractivity contribution >= 4 is 28.3 Å². The summed E-state index contributed by atoms with van der Waals surface area (Å²) in [5, 5.41) is 0. The minimum atomic E-state index is 0.828. The second-order valence-corrected chi connectivity index (χ2v) is 4.34. The summed E-state index contributed by atoms with van der Waals surface area (Å²) in [6.07, 6.45) is 0. The van der Waals surface area contributed by atoms with E-state index in [4.69, 9.17) is 5.73 Å². The van der Waals surface area contributed by atoms with Crippen molar-refractivity contribution in [3.63, 3.8) is 0 Å². The van der Waals surface area contributed by atoms with Gasteiger partial charge in [0.2, 0.25) is 0 Å². The Hall–Kier alpha value is -1.03. The molecule has 0 saturated carbocycles. The van der Waals surface area contributed by atoms with Gasteiger partial charge < -0.3 is 5.73 Å². The number of halogens is 1. The molecule has 1 nitrogen and oxygen atoms in total. The van der Waals surface area contributed by atoms with E-state index in [1.165, 1.54) is 9.13 Å². The number of hydrogen-bond acceptors (Lipinski definition) is 1.